The molecule has 186 valence electrons. The number of hydrogen-bond donors (Lipinski definition) is 3. The van der Waals surface area contributed by atoms with Crippen LogP contribution in [0.25, 0.3) is 22.0 Å². The zero-order chi connectivity index (χ0) is 25.3. The minimum Gasteiger partial charge on any atom is -0.477 e. The Morgan fingerprint density at radius 2 is 1.69 bits per heavy atom. The highest BCUT2D eigenvalue weighted by atomic mass is 19.4. The third-order valence-electron chi connectivity index (χ3n) is 7.05. The fourth-order valence-electron chi connectivity index (χ4n) is 5.32. The van der Waals surface area contributed by atoms with Gasteiger partial charge in [0.2, 0.25) is 0 Å². The molecule has 0 saturated carbocycles. The largest absolute Gasteiger partial charge is 0.477 e. The maximum atomic E-state index is 13.7. The Labute approximate surface area is 207 Å². The molecular weight excluding hydrogens is 465 g/mol. The van der Waals surface area contributed by atoms with Crippen LogP contribution in [0.2, 0.25) is 0 Å². The number of carboxylic acid groups (broad SMARTS) is 1. The molecule has 36 heavy (non-hydrogen) atoms. The van der Waals surface area contributed by atoms with Crippen molar-refractivity contribution in [3.8, 4) is 11.1 Å². The van der Waals surface area contributed by atoms with Gasteiger partial charge in [-0.1, -0.05) is 61.0 Å². The van der Waals surface area contributed by atoms with Gasteiger partial charge in [0.25, 0.3) is 0 Å². The number of carboxylic acids is 1. The van der Waals surface area contributed by atoms with Gasteiger partial charge in [0.05, 0.1) is 11.1 Å². The lowest BCUT2D eigenvalue weighted by Crippen LogP contribution is -2.25. The van der Waals surface area contributed by atoms with Crippen LogP contribution in [0.4, 0.5) is 18.9 Å². The van der Waals surface area contributed by atoms with E-state index in [0.29, 0.717) is 34.5 Å². The predicted octanol–water partition coefficient (Wildman–Crippen LogP) is 7.69. The zero-order valence-electron chi connectivity index (χ0n) is 19.7. The number of unbranched alkanes of at least 4 members (excludes halogenated alkanes) is 1. The van der Waals surface area contributed by atoms with Crippen molar-refractivity contribution in [2.45, 2.75) is 50.7 Å². The first-order valence-electron chi connectivity index (χ1n) is 12.2. The van der Waals surface area contributed by atoms with Gasteiger partial charge < -0.3 is 15.4 Å². The van der Waals surface area contributed by atoms with Crippen molar-refractivity contribution in [2.24, 2.45) is 0 Å². The summed E-state index contributed by atoms with van der Waals surface area (Å²) in [5, 5.41) is 14.1. The van der Waals surface area contributed by atoms with E-state index in [1.165, 1.54) is 23.4 Å². The number of H-pyrrole nitrogens is 1. The van der Waals surface area contributed by atoms with Crippen molar-refractivity contribution in [3.63, 3.8) is 0 Å². The number of halogens is 3. The molecule has 0 amide bonds. The molecule has 0 radical (unpaired) electrons. The van der Waals surface area contributed by atoms with Gasteiger partial charge in [-0.05, 0) is 60.9 Å². The Balaban J connectivity index is 1.37. The molecule has 2 heterocycles. The van der Waals surface area contributed by atoms with Crippen LogP contribution in [-0.2, 0) is 19.0 Å². The minimum absolute atomic E-state index is 0.0315. The van der Waals surface area contributed by atoms with Crippen LogP contribution in [0.3, 0.4) is 0 Å². The van der Waals surface area contributed by atoms with E-state index in [-0.39, 0.29) is 11.3 Å². The van der Waals surface area contributed by atoms with Crippen molar-refractivity contribution in [3.05, 3.63) is 89.1 Å². The van der Waals surface area contributed by atoms with Gasteiger partial charge in [-0.2, -0.15) is 13.2 Å². The van der Waals surface area contributed by atoms with Gasteiger partial charge in [0, 0.05) is 22.7 Å². The van der Waals surface area contributed by atoms with Gasteiger partial charge in [-0.15, -0.1) is 0 Å². The van der Waals surface area contributed by atoms with Crippen LogP contribution in [0.15, 0.2) is 66.7 Å². The molecule has 0 aliphatic carbocycles. The Hall–Kier alpha value is -3.74. The van der Waals surface area contributed by atoms with Crippen LogP contribution in [0.5, 0.6) is 0 Å². The smallest absolute Gasteiger partial charge is 0.417 e. The number of nitrogens with one attached hydrogen (secondary N) is 2. The van der Waals surface area contributed by atoms with Gasteiger partial charge >= 0.3 is 12.1 Å². The number of benzene rings is 3. The predicted molar refractivity (Wildman–Crippen MR) is 135 cm³/mol. The Morgan fingerprint density at radius 1 is 0.944 bits per heavy atom. The number of fused-ring (bicyclic) bond motifs is 2. The summed E-state index contributed by atoms with van der Waals surface area (Å²) in [5.74, 6) is -1.11. The number of alkyl halides is 3. The van der Waals surface area contributed by atoms with Gasteiger partial charge in [-0.3, -0.25) is 0 Å². The molecule has 0 fully saturated rings. The lowest BCUT2D eigenvalue weighted by molar-refractivity contribution is -0.137. The number of anilines is 1. The summed E-state index contributed by atoms with van der Waals surface area (Å²) in [5.41, 5.74) is 3.27. The first-order chi connectivity index (χ1) is 17.3. The highest BCUT2D eigenvalue weighted by Crippen LogP contribution is 2.40. The molecule has 7 heteroatoms. The summed E-state index contributed by atoms with van der Waals surface area (Å²) in [6, 6.07) is 19.2. The summed E-state index contributed by atoms with van der Waals surface area (Å²) in [6.45, 7) is 0. The van der Waals surface area contributed by atoms with Crippen molar-refractivity contribution >= 4 is 22.6 Å². The summed E-state index contributed by atoms with van der Waals surface area (Å²) < 4.78 is 41.0. The summed E-state index contributed by atoms with van der Waals surface area (Å²) in [4.78, 5) is 15.0. The Bertz CT molecular complexity index is 1410. The normalized spacial score (nSPS) is 15.5. The van der Waals surface area contributed by atoms with E-state index < -0.39 is 17.7 Å². The maximum Gasteiger partial charge on any atom is 0.417 e. The van der Waals surface area contributed by atoms with Crippen molar-refractivity contribution < 1.29 is 23.1 Å². The number of rotatable bonds is 7. The highest BCUT2D eigenvalue weighted by Gasteiger charge is 2.34. The molecule has 1 atom stereocenters. The first-order valence-corrected chi connectivity index (χ1v) is 12.2. The van der Waals surface area contributed by atoms with Gasteiger partial charge in [0.1, 0.15) is 5.69 Å². The maximum absolute atomic E-state index is 13.7. The molecule has 3 aromatic carbocycles. The van der Waals surface area contributed by atoms with E-state index in [4.69, 9.17) is 0 Å². The summed E-state index contributed by atoms with van der Waals surface area (Å²) >= 11 is 0. The molecule has 1 unspecified atom stereocenters. The first kappa shape index (κ1) is 24.0. The minimum atomic E-state index is -4.52. The lowest BCUT2D eigenvalue weighted by Gasteiger charge is -2.27. The molecule has 0 bridgehead atoms. The molecule has 1 aromatic heterocycles. The summed E-state index contributed by atoms with van der Waals surface area (Å²) in [6.07, 6.45) is 0.808. The van der Waals surface area contributed by atoms with Crippen molar-refractivity contribution in [1.82, 2.24) is 4.98 Å². The average Bonchev–Trinajstić information content (AvgIpc) is 3.25. The molecule has 1 aliphatic rings. The fraction of sp³-hybridized carbons (Fsp3) is 0.276. The van der Waals surface area contributed by atoms with Crippen LogP contribution in [-0.4, -0.2) is 22.1 Å². The van der Waals surface area contributed by atoms with Crippen molar-refractivity contribution in [1.29, 1.82) is 0 Å². The second-order valence-corrected chi connectivity index (χ2v) is 9.34. The molecule has 5 rings (SSSR count). The van der Waals surface area contributed by atoms with E-state index in [0.717, 1.165) is 38.2 Å². The quantitative estimate of drug-likeness (QED) is 0.232. The number of aromatic carboxylic acids is 1. The zero-order valence-corrected chi connectivity index (χ0v) is 19.7. The van der Waals surface area contributed by atoms with E-state index in [9.17, 15) is 23.1 Å². The highest BCUT2D eigenvalue weighted by molar-refractivity contribution is 6.03. The van der Waals surface area contributed by atoms with Gasteiger partial charge in [0.15, 0.2) is 0 Å². The van der Waals surface area contributed by atoms with E-state index >= 15 is 0 Å². The third kappa shape index (κ3) is 4.70. The molecule has 0 saturated heterocycles. The fourth-order valence-corrected chi connectivity index (χ4v) is 5.32. The molecule has 0 spiro atoms. The topological polar surface area (TPSA) is 65.1 Å². The van der Waals surface area contributed by atoms with Crippen LogP contribution in [0.1, 0.15) is 52.9 Å². The van der Waals surface area contributed by atoms with Crippen LogP contribution < -0.4 is 5.32 Å². The number of aromatic amines is 1. The standard InChI is InChI=1S/C29H27F3N2O2/c30-29(31,32)24-14-5-4-10-20(24)21-12-7-13-22-23(27(28(35)36)34-26(21)22)11-3-2-9-19-17-16-18-8-1-6-15-25(18)33-19/h1,4-8,10,12-15,19,33-34H,2-3,9,11,16-17H2,(H,35,36). The number of carbonyl (C=O) groups is 1. The molecular formula is C29H27F3N2O2. The second-order valence-electron chi connectivity index (χ2n) is 9.34. The Kier molecular flexibility index (Phi) is 6.48. The monoisotopic (exact) mass is 492 g/mol. The molecule has 1 aliphatic heterocycles. The van der Waals surface area contributed by atoms with Crippen molar-refractivity contribution in [2.75, 3.05) is 5.32 Å². The third-order valence-corrected chi connectivity index (χ3v) is 7.05. The second kappa shape index (κ2) is 9.72. The number of aryl methyl sites for hydroxylation is 2. The van der Waals surface area contributed by atoms with E-state index in [1.54, 1.807) is 24.3 Å². The molecule has 4 nitrogen and oxygen atoms in total. The summed E-state index contributed by atoms with van der Waals surface area (Å²) in [7, 11) is 0. The average molecular weight is 493 g/mol. The number of para-hydroxylation sites is 2. The Morgan fingerprint density at radius 3 is 2.50 bits per heavy atom. The van der Waals surface area contributed by atoms with Crippen LogP contribution >= 0.6 is 0 Å². The van der Waals surface area contributed by atoms with Crippen LogP contribution in [0, 0.1) is 0 Å². The number of hydrogen-bond acceptors (Lipinski definition) is 2. The lowest BCUT2D eigenvalue weighted by atomic mass is 9.93. The van der Waals surface area contributed by atoms with Gasteiger partial charge in [-0.25, -0.2) is 4.79 Å². The molecule has 4 aromatic rings. The van der Waals surface area contributed by atoms with E-state index in [1.807, 2.05) is 6.07 Å². The SMILES string of the molecule is O=C(O)c1[nH]c2c(-c3ccccc3C(F)(F)F)cccc2c1CCCCC1CCc2ccccc2N1. The van der Waals surface area contributed by atoms with E-state index in [2.05, 4.69) is 28.5 Å². The number of aromatic nitrogens is 1. The molecule has 3 N–H and O–H groups in total.